The molecule has 3 rings (SSSR count). The summed E-state index contributed by atoms with van der Waals surface area (Å²) >= 11 is 0. The van der Waals surface area contributed by atoms with Crippen molar-refractivity contribution in [2.24, 2.45) is 4.99 Å². The zero-order valence-electron chi connectivity index (χ0n) is 14.9. The van der Waals surface area contributed by atoms with Gasteiger partial charge in [0.05, 0.1) is 13.1 Å². The Balaban J connectivity index is 1.49. The summed E-state index contributed by atoms with van der Waals surface area (Å²) < 4.78 is 45.7. The van der Waals surface area contributed by atoms with E-state index in [-0.39, 0.29) is 13.2 Å². The molecule has 0 aromatic carbocycles. The fourth-order valence-electron chi connectivity index (χ4n) is 2.43. The Hall–Kier alpha value is -3.37. The molecular weight excluding hydrogens is 375 g/mol. The van der Waals surface area contributed by atoms with Crippen LogP contribution in [-0.2, 0) is 12.7 Å². The van der Waals surface area contributed by atoms with E-state index < -0.39 is 17.6 Å². The van der Waals surface area contributed by atoms with E-state index in [9.17, 15) is 13.2 Å². The molecule has 0 fully saturated rings. The Morgan fingerprint density at radius 3 is 2.82 bits per heavy atom. The third-order valence-corrected chi connectivity index (χ3v) is 3.73. The number of fused-ring (bicyclic) bond motifs is 1. The lowest BCUT2D eigenvalue weighted by atomic mass is 10.2. The smallest absolute Gasteiger partial charge is 0.421 e. The third kappa shape index (κ3) is 4.67. The molecule has 8 nitrogen and oxygen atoms in total. The molecule has 0 radical (unpaired) electrons. The van der Waals surface area contributed by atoms with Crippen LogP contribution in [0, 0.1) is 0 Å². The van der Waals surface area contributed by atoms with Gasteiger partial charge in [-0.2, -0.15) is 13.2 Å². The summed E-state index contributed by atoms with van der Waals surface area (Å²) in [5.74, 6) is 0.695. The lowest BCUT2D eigenvalue weighted by molar-refractivity contribution is -0.139. The highest BCUT2D eigenvalue weighted by Crippen LogP contribution is 2.34. The van der Waals surface area contributed by atoms with Crippen LogP contribution in [-0.4, -0.2) is 45.7 Å². The number of pyridine rings is 2. The number of rotatable bonds is 6. The summed E-state index contributed by atoms with van der Waals surface area (Å²) in [7, 11) is 1.58. The molecule has 0 saturated heterocycles. The Kier molecular flexibility index (Phi) is 5.92. The molecule has 0 aliphatic heterocycles. The van der Waals surface area contributed by atoms with Crippen LogP contribution in [0.15, 0.2) is 47.7 Å². The van der Waals surface area contributed by atoms with Gasteiger partial charge >= 0.3 is 6.18 Å². The zero-order valence-corrected chi connectivity index (χ0v) is 14.9. The number of guanidine groups is 1. The summed E-state index contributed by atoms with van der Waals surface area (Å²) in [6.45, 7) is 0.576. The minimum Gasteiger partial charge on any atom is -0.475 e. The van der Waals surface area contributed by atoms with Gasteiger partial charge in [0.2, 0.25) is 5.88 Å². The van der Waals surface area contributed by atoms with Crippen LogP contribution in [0.5, 0.6) is 5.88 Å². The fraction of sp³-hybridized carbons (Fsp3) is 0.294. The van der Waals surface area contributed by atoms with E-state index in [2.05, 4.69) is 30.8 Å². The number of halogens is 3. The zero-order chi connectivity index (χ0) is 20.0. The first-order valence-electron chi connectivity index (χ1n) is 8.37. The molecular formula is C17H18F3N7O. The average molecular weight is 393 g/mol. The van der Waals surface area contributed by atoms with Gasteiger partial charge in [0.15, 0.2) is 17.4 Å². The molecule has 0 bridgehead atoms. The van der Waals surface area contributed by atoms with Gasteiger partial charge in [0, 0.05) is 19.4 Å². The second-order valence-corrected chi connectivity index (χ2v) is 5.60. The first-order chi connectivity index (χ1) is 13.5. The normalized spacial score (nSPS) is 12.2. The topological polar surface area (TPSA) is 88.7 Å². The quantitative estimate of drug-likeness (QED) is 0.378. The van der Waals surface area contributed by atoms with Crippen molar-refractivity contribution in [3.63, 3.8) is 0 Å². The summed E-state index contributed by atoms with van der Waals surface area (Å²) in [6, 6.07) is 7.73. The molecule has 0 atom stereocenters. The summed E-state index contributed by atoms with van der Waals surface area (Å²) in [5, 5.41) is 14.2. The van der Waals surface area contributed by atoms with Crippen molar-refractivity contribution < 1.29 is 17.9 Å². The van der Waals surface area contributed by atoms with Gasteiger partial charge in [-0.1, -0.05) is 6.07 Å². The molecule has 11 heteroatoms. The van der Waals surface area contributed by atoms with Gasteiger partial charge in [-0.25, -0.2) is 4.98 Å². The second-order valence-electron chi connectivity index (χ2n) is 5.60. The number of aromatic nitrogens is 4. The Bertz CT molecular complexity index is 955. The number of nitrogens with one attached hydrogen (secondary N) is 2. The molecule has 28 heavy (non-hydrogen) atoms. The molecule has 0 aliphatic carbocycles. The number of nitrogens with zero attached hydrogens (tertiary/aromatic N) is 5. The van der Waals surface area contributed by atoms with Gasteiger partial charge < -0.3 is 15.4 Å². The van der Waals surface area contributed by atoms with Crippen LogP contribution in [0.25, 0.3) is 5.65 Å². The molecule has 0 aliphatic rings. The van der Waals surface area contributed by atoms with E-state index in [1.807, 2.05) is 28.8 Å². The van der Waals surface area contributed by atoms with Crippen molar-refractivity contribution in [3.8, 4) is 5.88 Å². The van der Waals surface area contributed by atoms with E-state index in [1.165, 1.54) is 12.3 Å². The molecule has 3 aromatic rings. The van der Waals surface area contributed by atoms with Crippen LogP contribution < -0.4 is 15.4 Å². The van der Waals surface area contributed by atoms with E-state index in [0.717, 1.165) is 11.7 Å². The summed E-state index contributed by atoms with van der Waals surface area (Å²) in [5.41, 5.74) is -0.178. The van der Waals surface area contributed by atoms with Crippen LogP contribution in [0.3, 0.4) is 0 Å². The van der Waals surface area contributed by atoms with E-state index >= 15 is 0 Å². The molecule has 148 valence electrons. The Labute approximate surface area is 158 Å². The first kappa shape index (κ1) is 19.4. The highest BCUT2D eigenvalue weighted by Gasteiger charge is 2.34. The van der Waals surface area contributed by atoms with Gasteiger partial charge in [0.1, 0.15) is 12.2 Å². The second kappa shape index (κ2) is 8.55. The molecule has 2 N–H and O–H groups in total. The van der Waals surface area contributed by atoms with Crippen molar-refractivity contribution >= 4 is 11.6 Å². The molecule has 0 saturated carbocycles. The van der Waals surface area contributed by atoms with Gasteiger partial charge in [0.25, 0.3) is 0 Å². The number of ether oxygens (including phenoxy) is 1. The van der Waals surface area contributed by atoms with Crippen LogP contribution >= 0.6 is 0 Å². The van der Waals surface area contributed by atoms with Crippen LogP contribution in [0.1, 0.15) is 11.4 Å². The number of aliphatic imine (C=N–C) groups is 1. The maximum atomic E-state index is 12.9. The highest BCUT2D eigenvalue weighted by molar-refractivity contribution is 5.79. The summed E-state index contributed by atoms with van der Waals surface area (Å²) in [4.78, 5) is 7.70. The lowest BCUT2D eigenvalue weighted by Gasteiger charge is -2.14. The minimum absolute atomic E-state index is 0.0192. The van der Waals surface area contributed by atoms with Crippen LogP contribution in [0.4, 0.5) is 13.2 Å². The Morgan fingerprint density at radius 2 is 2.04 bits per heavy atom. The van der Waals surface area contributed by atoms with E-state index in [4.69, 9.17) is 4.74 Å². The number of hydrogen-bond acceptors (Lipinski definition) is 5. The number of alkyl halides is 3. The number of hydrogen-bond donors (Lipinski definition) is 2. The van der Waals surface area contributed by atoms with E-state index in [0.29, 0.717) is 18.3 Å². The van der Waals surface area contributed by atoms with Gasteiger partial charge in [-0.3, -0.25) is 9.39 Å². The Morgan fingerprint density at radius 1 is 1.18 bits per heavy atom. The molecule has 3 aromatic heterocycles. The van der Waals surface area contributed by atoms with Crippen LogP contribution in [0.2, 0.25) is 0 Å². The predicted octanol–water partition coefficient (Wildman–Crippen LogP) is 1.89. The third-order valence-electron chi connectivity index (χ3n) is 3.73. The lowest BCUT2D eigenvalue weighted by Crippen LogP contribution is -2.39. The first-order valence-corrected chi connectivity index (χ1v) is 8.37. The van der Waals surface area contributed by atoms with Crippen molar-refractivity contribution in [1.82, 2.24) is 30.2 Å². The van der Waals surface area contributed by atoms with E-state index in [1.54, 1.807) is 7.05 Å². The highest BCUT2D eigenvalue weighted by atomic mass is 19.4. The standard InChI is InChI=1S/C17H18F3N7O/c1-21-16(24-11-14-26-25-13-6-2-3-9-27(13)14)23-8-10-28-15-12(17(18,19)20)5-4-7-22-15/h2-7,9H,8,10-11H2,1H3,(H2,21,23,24). The molecule has 0 spiro atoms. The maximum Gasteiger partial charge on any atom is 0.421 e. The van der Waals surface area contributed by atoms with Crippen molar-refractivity contribution in [2.45, 2.75) is 12.7 Å². The predicted molar refractivity (Wildman–Crippen MR) is 95.9 cm³/mol. The van der Waals surface area contributed by atoms with Crippen molar-refractivity contribution in [1.29, 1.82) is 0 Å². The van der Waals surface area contributed by atoms with Gasteiger partial charge in [-0.05, 0) is 24.3 Å². The molecule has 0 unspecified atom stereocenters. The monoisotopic (exact) mass is 393 g/mol. The van der Waals surface area contributed by atoms with Crippen molar-refractivity contribution in [2.75, 3.05) is 20.2 Å². The molecule has 3 heterocycles. The SMILES string of the molecule is CN=C(NCCOc1ncccc1C(F)(F)F)NCc1nnc2ccccn12. The van der Waals surface area contributed by atoms with Gasteiger partial charge in [-0.15, -0.1) is 10.2 Å². The van der Waals surface area contributed by atoms with Crippen molar-refractivity contribution in [3.05, 3.63) is 54.1 Å². The minimum atomic E-state index is -4.52. The summed E-state index contributed by atoms with van der Waals surface area (Å²) in [6.07, 6.45) is -1.42. The fourth-order valence-corrected chi connectivity index (χ4v) is 2.43. The largest absolute Gasteiger partial charge is 0.475 e. The average Bonchev–Trinajstić information content (AvgIpc) is 3.10. The maximum absolute atomic E-state index is 12.9. The molecule has 0 amide bonds.